The Bertz CT molecular complexity index is 468. The molecular formula is C17H24N2O2. The number of rotatable bonds is 7. The summed E-state index contributed by atoms with van der Waals surface area (Å²) in [7, 11) is 0. The van der Waals surface area contributed by atoms with Gasteiger partial charge in [0, 0.05) is 19.7 Å². The Morgan fingerprint density at radius 3 is 3.14 bits per heavy atom. The van der Waals surface area contributed by atoms with E-state index in [9.17, 15) is 0 Å². The van der Waals surface area contributed by atoms with Crippen molar-refractivity contribution < 1.29 is 9.84 Å². The van der Waals surface area contributed by atoms with Gasteiger partial charge < -0.3 is 14.7 Å². The van der Waals surface area contributed by atoms with Gasteiger partial charge in [0.15, 0.2) is 0 Å². The van der Waals surface area contributed by atoms with Crippen LogP contribution in [0.15, 0.2) is 24.3 Å². The fraction of sp³-hybridized carbons (Fsp3) is 0.588. The van der Waals surface area contributed by atoms with Crippen LogP contribution in [0.5, 0.6) is 5.75 Å². The zero-order valence-corrected chi connectivity index (χ0v) is 12.5. The van der Waals surface area contributed by atoms with Crippen LogP contribution in [-0.2, 0) is 0 Å². The number of aliphatic hydroxyl groups is 1. The van der Waals surface area contributed by atoms with Gasteiger partial charge in [0.05, 0.1) is 18.2 Å². The molecule has 4 nitrogen and oxygen atoms in total. The van der Waals surface area contributed by atoms with Crippen LogP contribution in [0.4, 0.5) is 0 Å². The maximum absolute atomic E-state index is 9.03. The van der Waals surface area contributed by atoms with E-state index in [0.29, 0.717) is 24.7 Å². The Balaban J connectivity index is 1.66. The van der Waals surface area contributed by atoms with Crippen LogP contribution < -0.4 is 4.74 Å². The van der Waals surface area contributed by atoms with Gasteiger partial charge >= 0.3 is 0 Å². The molecule has 0 amide bonds. The van der Waals surface area contributed by atoms with Crippen molar-refractivity contribution in [1.29, 1.82) is 5.26 Å². The second kappa shape index (κ2) is 8.66. The van der Waals surface area contributed by atoms with Gasteiger partial charge in [-0.2, -0.15) is 5.26 Å². The summed E-state index contributed by atoms with van der Waals surface area (Å²) < 4.78 is 5.70. The minimum Gasteiger partial charge on any atom is -0.494 e. The molecule has 1 aliphatic heterocycles. The number of hydrogen-bond acceptors (Lipinski definition) is 4. The molecule has 21 heavy (non-hydrogen) atoms. The van der Waals surface area contributed by atoms with E-state index in [2.05, 4.69) is 11.0 Å². The number of likely N-dealkylation sites (tertiary alicyclic amines) is 1. The van der Waals surface area contributed by atoms with E-state index in [0.717, 1.165) is 38.2 Å². The first-order valence-corrected chi connectivity index (χ1v) is 7.78. The summed E-state index contributed by atoms with van der Waals surface area (Å²) in [4.78, 5) is 2.47. The third-order valence-electron chi connectivity index (χ3n) is 3.99. The molecule has 1 aromatic carbocycles. The van der Waals surface area contributed by atoms with Crippen LogP contribution in [0.25, 0.3) is 0 Å². The molecule has 1 atom stereocenters. The number of nitrogens with zero attached hydrogens (tertiary/aromatic N) is 2. The van der Waals surface area contributed by atoms with Crippen LogP contribution >= 0.6 is 0 Å². The summed E-state index contributed by atoms with van der Waals surface area (Å²) in [6.07, 6.45) is 4.39. The van der Waals surface area contributed by atoms with Crippen molar-refractivity contribution in [2.45, 2.75) is 25.7 Å². The minimum atomic E-state index is 0.302. The average Bonchev–Trinajstić information content (AvgIpc) is 2.52. The largest absolute Gasteiger partial charge is 0.494 e. The Morgan fingerprint density at radius 1 is 1.43 bits per heavy atom. The molecule has 2 rings (SSSR count). The SMILES string of the molecule is N#Cc1cccc(OCCCN2CCCC(CCO)C2)c1. The summed E-state index contributed by atoms with van der Waals surface area (Å²) in [5.41, 5.74) is 0.635. The van der Waals surface area contributed by atoms with E-state index in [1.807, 2.05) is 12.1 Å². The third kappa shape index (κ3) is 5.37. The van der Waals surface area contributed by atoms with E-state index < -0.39 is 0 Å². The average molecular weight is 288 g/mol. The molecule has 1 fully saturated rings. The quantitative estimate of drug-likeness (QED) is 0.783. The highest BCUT2D eigenvalue weighted by molar-refractivity contribution is 5.36. The third-order valence-corrected chi connectivity index (χ3v) is 3.99. The van der Waals surface area contributed by atoms with Crippen LogP contribution in [-0.4, -0.2) is 42.9 Å². The fourth-order valence-corrected chi connectivity index (χ4v) is 2.91. The van der Waals surface area contributed by atoms with Gasteiger partial charge in [0.2, 0.25) is 0 Å². The van der Waals surface area contributed by atoms with E-state index in [-0.39, 0.29) is 0 Å². The zero-order chi connectivity index (χ0) is 14.9. The van der Waals surface area contributed by atoms with Crippen molar-refractivity contribution >= 4 is 0 Å². The number of ether oxygens (including phenoxy) is 1. The molecular weight excluding hydrogens is 264 g/mol. The van der Waals surface area contributed by atoms with E-state index >= 15 is 0 Å². The lowest BCUT2D eigenvalue weighted by Crippen LogP contribution is -2.36. The Hall–Kier alpha value is -1.57. The zero-order valence-electron chi connectivity index (χ0n) is 12.5. The molecule has 0 bridgehead atoms. The number of aliphatic hydroxyl groups excluding tert-OH is 1. The molecule has 4 heteroatoms. The second-order valence-corrected chi connectivity index (χ2v) is 5.66. The number of nitriles is 1. The topological polar surface area (TPSA) is 56.5 Å². The fourth-order valence-electron chi connectivity index (χ4n) is 2.91. The van der Waals surface area contributed by atoms with Gasteiger partial charge in [-0.15, -0.1) is 0 Å². The number of benzene rings is 1. The molecule has 0 aliphatic carbocycles. The molecule has 0 aromatic heterocycles. The highest BCUT2D eigenvalue weighted by Gasteiger charge is 2.18. The first kappa shape index (κ1) is 15.8. The lowest BCUT2D eigenvalue weighted by atomic mass is 9.95. The van der Waals surface area contributed by atoms with Crippen LogP contribution in [0.1, 0.15) is 31.2 Å². The normalized spacial score (nSPS) is 19.1. The summed E-state index contributed by atoms with van der Waals surface area (Å²) >= 11 is 0. The molecule has 1 aromatic rings. The molecule has 0 spiro atoms. The molecule has 0 saturated carbocycles. The highest BCUT2D eigenvalue weighted by atomic mass is 16.5. The molecule has 1 heterocycles. The van der Waals surface area contributed by atoms with Gasteiger partial charge in [-0.3, -0.25) is 0 Å². The summed E-state index contributed by atoms with van der Waals surface area (Å²) in [5.74, 6) is 1.42. The smallest absolute Gasteiger partial charge is 0.120 e. The molecule has 1 saturated heterocycles. The summed E-state index contributed by atoms with van der Waals surface area (Å²) in [6, 6.07) is 9.41. The van der Waals surface area contributed by atoms with E-state index in [1.165, 1.54) is 12.8 Å². The van der Waals surface area contributed by atoms with Crippen molar-refractivity contribution in [2.24, 2.45) is 5.92 Å². The van der Waals surface area contributed by atoms with Crippen molar-refractivity contribution in [3.63, 3.8) is 0 Å². The Morgan fingerprint density at radius 2 is 2.33 bits per heavy atom. The predicted molar refractivity (Wildman–Crippen MR) is 82.1 cm³/mol. The standard InChI is InChI=1S/C17H24N2O2/c18-13-16-4-1-6-17(12-16)21-11-3-9-19-8-2-5-15(14-19)7-10-20/h1,4,6,12,15,20H,2-3,5,7-11,14H2. The van der Waals surface area contributed by atoms with Crippen molar-refractivity contribution in [1.82, 2.24) is 4.90 Å². The van der Waals surface area contributed by atoms with Crippen molar-refractivity contribution in [3.05, 3.63) is 29.8 Å². The minimum absolute atomic E-state index is 0.302. The van der Waals surface area contributed by atoms with Gasteiger partial charge in [-0.1, -0.05) is 6.07 Å². The van der Waals surface area contributed by atoms with Crippen molar-refractivity contribution in [3.8, 4) is 11.8 Å². The van der Waals surface area contributed by atoms with Gasteiger partial charge in [0.1, 0.15) is 5.75 Å². The first-order valence-electron chi connectivity index (χ1n) is 7.78. The monoisotopic (exact) mass is 288 g/mol. The lowest BCUT2D eigenvalue weighted by Gasteiger charge is -2.32. The Labute approximate surface area is 127 Å². The van der Waals surface area contributed by atoms with Gasteiger partial charge in [-0.05, 0) is 56.3 Å². The van der Waals surface area contributed by atoms with Crippen molar-refractivity contribution in [2.75, 3.05) is 32.8 Å². The number of hydrogen-bond donors (Lipinski definition) is 1. The maximum atomic E-state index is 9.03. The van der Waals surface area contributed by atoms with Gasteiger partial charge in [0.25, 0.3) is 0 Å². The summed E-state index contributed by atoms with van der Waals surface area (Å²) in [5, 5.41) is 17.9. The predicted octanol–water partition coefficient (Wildman–Crippen LogP) is 2.42. The molecule has 1 N–H and O–H groups in total. The molecule has 114 valence electrons. The summed E-state index contributed by atoms with van der Waals surface area (Å²) in [6.45, 7) is 4.28. The first-order chi connectivity index (χ1) is 10.3. The molecule has 1 unspecified atom stereocenters. The lowest BCUT2D eigenvalue weighted by molar-refractivity contribution is 0.140. The Kier molecular flexibility index (Phi) is 6.52. The maximum Gasteiger partial charge on any atom is 0.120 e. The second-order valence-electron chi connectivity index (χ2n) is 5.66. The van der Waals surface area contributed by atoms with Crippen LogP contribution in [0.3, 0.4) is 0 Å². The van der Waals surface area contributed by atoms with E-state index in [4.69, 9.17) is 15.1 Å². The molecule has 1 aliphatic rings. The van der Waals surface area contributed by atoms with E-state index in [1.54, 1.807) is 12.1 Å². The molecule has 0 radical (unpaired) electrons. The number of piperidine rings is 1. The van der Waals surface area contributed by atoms with Crippen LogP contribution in [0, 0.1) is 17.2 Å². The van der Waals surface area contributed by atoms with Crippen LogP contribution in [0.2, 0.25) is 0 Å². The van der Waals surface area contributed by atoms with Gasteiger partial charge in [-0.25, -0.2) is 0 Å². The highest BCUT2D eigenvalue weighted by Crippen LogP contribution is 2.19.